The van der Waals surface area contributed by atoms with Gasteiger partial charge in [0.25, 0.3) is 0 Å². The molecule has 1 unspecified atom stereocenters. The molecule has 0 saturated carbocycles. The summed E-state index contributed by atoms with van der Waals surface area (Å²) < 4.78 is 0.774. The van der Waals surface area contributed by atoms with Crippen LogP contribution in [-0.4, -0.2) is 30.9 Å². The third-order valence-electron chi connectivity index (χ3n) is 3.48. The van der Waals surface area contributed by atoms with E-state index in [0.717, 1.165) is 35.1 Å². The van der Waals surface area contributed by atoms with E-state index in [1.165, 1.54) is 11.3 Å². The van der Waals surface area contributed by atoms with E-state index in [0.29, 0.717) is 6.54 Å². The van der Waals surface area contributed by atoms with E-state index >= 15 is 0 Å². The van der Waals surface area contributed by atoms with E-state index in [1.54, 1.807) is 0 Å². The molecule has 0 spiro atoms. The summed E-state index contributed by atoms with van der Waals surface area (Å²) in [6.45, 7) is 4.50. The van der Waals surface area contributed by atoms with E-state index < -0.39 is 0 Å². The first-order chi connectivity index (χ1) is 8.51. The fourth-order valence-electron chi connectivity index (χ4n) is 2.44. The molecule has 1 aromatic rings. The Morgan fingerprint density at radius 2 is 2.32 bits per heavy atom. The number of thiophene rings is 1. The van der Waals surface area contributed by atoms with Gasteiger partial charge in [0.2, 0.25) is 5.91 Å². The van der Waals surface area contributed by atoms with Gasteiger partial charge >= 0.3 is 0 Å². The molecule has 1 aromatic heterocycles. The fraction of sp³-hybridized carbons (Fsp3) is 0.615. The average Bonchev–Trinajstić information content (AvgIpc) is 2.74. The predicted octanol–water partition coefficient (Wildman–Crippen LogP) is 3.17. The summed E-state index contributed by atoms with van der Waals surface area (Å²) in [5, 5.41) is 3.31. The van der Waals surface area contributed by atoms with Crippen LogP contribution in [0.25, 0.3) is 0 Å². The van der Waals surface area contributed by atoms with Crippen LogP contribution < -0.4 is 5.32 Å². The van der Waals surface area contributed by atoms with Crippen LogP contribution in [0.4, 0.5) is 0 Å². The molecule has 19 heavy (non-hydrogen) atoms. The molecule has 0 aliphatic carbocycles. The van der Waals surface area contributed by atoms with Crippen molar-refractivity contribution < 1.29 is 4.79 Å². The van der Waals surface area contributed by atoms with E-state index in [4.69, 9.17) is 11.6 Å². The molecule has 1 saturated heterocycles. The number of carbonyl (C=O) groups excluding carboxylic acids is 1. The quantitative estimate of drug-likeness (QED) is 0.927. The number of amides is 1. The van der Waals surface area contributed by atoms with Gasteiger partial charge in [0.05, 0.1) is 16.3 Å². The molecule has 1 N–H and O–H groups in total. The standard InChI is InChI=1S/C13H19ClN2OS.ClH/c1-13(6-3-7-15-9-13)12(17)16(2)8-10-4-5-11(14)18-10;/h4-5,15H,3,6-9H2,1-2H3;1H. The monoisotopic (exact) mass is 322 g/mol. The van der Waals surface area contributed by atoms with Gasteiger partial charge in [0.1, 0.15) is 0 Å². The number of hydrogen-bond acceptors (Lipinski definition) is 3. The molecule has 0 bridgehead atoms. The summed E-state index contributed by atoms with van der Waals surface area (Å²) in [5.74, 6) is 0.222. The second kappa shape index (κ2) is 6.93. The van der Waals surface area contributed by atoms with Crippen molar-refractivity contribution in [1.29, 1.82) is 0 Å². The number of rotatable bonds is 3. The van der Waals surface area contributed by atoms with Gasteiger partial charge in [-0.15, -0.1) is 23.7 Å². The Labute approximate surface area is 129 Å². The van der Waals surface area contributed by atoms with Crippen molar-refractivity contribution in [2.45, 2.75) is 26.3 Å². The van der Waals surface area contributed by atoms with Gasteiger partial charge in [-0.1, -0.05) is 11.6 Å². The highest BCUT2D eigenvalue weighted by Crippen LogP contribution is 2.29. The Hall–Kier alpha value is -0.290. The lowest BCUT2D eigenvalue weighted by Crippen LogP contribution is -2.48. The Bertz CT molecular complexity index is 430. The second-order valence-corrected chi connectivity index (χ2v) is 7.01. The average molecular weight is 323 g/mol. The predicted molar refractivity (Wildman–Crippen MR) is 83.3 cm³/mol. The zero-order valence-corrected chi connectivity index (χ0v) is 13.6. The topological polar surface area (TPSA) is 32.3 Å². The van der Waals surface area contributed by atoms with Gasteiger partial charge in [0.15, 0.2) is 0 Å². The van der Waals surface area contributed by atoms with Crippen molar-refractivity contribution >= 4 is 41.3 Å². The van der Waals surface area contributed by atoms with E-state index in [9.17, 15) is 4.79 Å². The highest BCUT2D eigenvalue weighted by Gasteiger charge is 2.36. The molecular formula is C13H20Cl2N2OS. The number of carbonyl (C=O) groups is 1. The Balaban J connectivity index is 0.00000180. The third-order valence-corrected chi connectivity index (χ3v) is 4.70. The lowest BCUT2D eigenvalue weighted by molar-refractivity contribution is -0.141. The molecule has 1 atom stereocenters. The van der Waals surface area contributed by atoms with E-state index in [-0.39, 0.29) is 23.7 Å². The molecule has 0 radical (unpaired) electrons. The molecule has 1 aliphatic rings. The molecule has 3 nitrogen and oxygen atoms in total. The zero-order valence-electron chi connectivity index (χ0n) is 11.2. The first-order valence-corrected chi connectivity index (χ1v) is 7.41. The number of nitrogens with one attached hydrogen (secondary N) is 1. The van der Waals surface area contributed by atoms with Crippen molar-refractivity contribution in [2.75, 3.05) is 20.1 Å². The van der Waals surface area contributed by atoms with Crippen molar-refractivity contribution in [3.8, 4) is 0 Å². The number of nitrogens with zero attached hydrogens (tertiary/aromatic N) is 1. The summed E-state index contributed by atoms with van der Waals surface area (Å²) in [6.07, 6.45) is 2.04. The minimum atomic E-state index is -0.256. The van der Waals surface area contributed by atoms with Crippen LogP contribution in [0.15, 0.2) is 12.1 Å². The minimum Gasteiger partial charge on any atom is -0.340 e. The van der Waals surface area contributed by atoms with Crippen LogP contribution in [0.3, 0.4) is 0 Å². The third kappa shape index (κ3) is 4.09. The highest BCUT2D eigenvalue weighted by molar-refractivity contribution is 7.16. The summed E-state index contributed by atoms with van der Waals surface area (Å²) in [7, 11) is 1.87. The van der Waals surface area contributed by atoms with Crippen molar-refractivity contribution in [2.24, 2.45) is 5.41 Å². The van der Waals surface area contributed by atoms with Crippen LogP contribution in [0.5, 0.6) is 0 Å². The van der Waals surface area contributed by atoms with E-state index in [2.05, 4.69) is 12.2 Å². The summed E-state index contributed by atoms with van der Waals surface area (Å²) >= 11 is 7.44. The van der Waals surface area contributed by atoms with Gasteiger partial charge < -0.3 is 10.2 Å². The Morgan fingerprint density at radius 3 is 2.84 bits per heavy atom. The fourth-order valence-corrected chi connectivity index (χ4v) is 3.58. The maximum Gasteiger partial charge on any atom is 0.229 e. The maximum absolute atomic E-state index is 12.5. The second-order valence-electron chi connectivity index (χ2n) is 5.21. The molecule has 108 valence electrons. The summed E-state index contributed by atoms with van der Waals surface area (Å²) in [5.41, 5.74) is -0.256. The minimum absolute atomic E-state index is 0. The molecular weight excluding hydrogens is 303 g/mol. The summed E-state index contributed by atoms with van der Waals surface area (Å²) in [4.78, 5) is 15.4. The molecule has 1 aliphatic heterocycles. The van der Waals surface area contributed by atoms with Gasteiger partial charge in [-0.25, -0.2) is 0 Å². The zero-order chi connectivity index (χ0) is 13.2. The Kier molecular flexibility index (Phi) is 6.12. The Morgan fingerprint density at radius 1 is 1.58 bits per heavy atom. The SMILES string of the molecule is CN(Cc1ccc(Cl)s1)C(=O)C1(C)CCCNC1.Cl. The van der Waals surface area contributed by atoms with Gasteiger partial charge in [-0.2, -0.15) is 0 Å². The van der Waals surface area contributed by atoms with Crippen LogP contribution in [0.1, 0.15) is 24.6 Å². The van der Waals surface area contributed by atoms with Crippen molar-refractivity contribution in [1.82, 2.24) is 10.2 Å². The van der Waals surface area contributed by atoms with Crippen molar-refractivity contribution in [3.63, 3.8) is 0 Å². The lowest BCUT2D eigenvalue weighted by Gasteiger charge is -2.35. The van der Waals surface area contributed by atoms with E-state index in [1.807, 2.05) is 24.1 Å². The van der Waals surface area contributed by atoms with Crippen LogP contribution in [0.2, 0.25) is 4.34 Å². The molecule has 2 heterocycles. The number of halogens is 2. The van der Waals surface area contributed by atoms with Gasteiger partial charge in [-0.3, -0.25) is 4.79 Å². The molecule has 1 fully saturated rings. The van der Waals surface area contributed by atoms with Gasteiger partial charge in [0, 0.05) is 18.5 Å². The summed E-state index contributed by atoms with van der Waals surface area (Å²) in [6, 6.07) is 3.86. The maximum atomic E-state index is 12.5. The molecule has 0 aromatic carbocycles. The van der Waals surface area contributed by atoms with Crippen LogP contribution in [-0.2, 0) is 11.3 Å². The molecule has 1 amide bonds. The molecule has 2 rings (SSSR count). The first-order valence-electron chi connectivity index (χ1n) is 6.22. The smallest absolute Gasteiger partial charge is 0.229 e. The lowest BCUT2D eigenvalue weighted by atomic mass is 9.81. The molecule has 6 heteroatoms. The number of hydrogen-bond donors (Lipinski definition) is 1. The normalized spacial score (nSPS) is 22.7. The largest absolute Gasteiger partial charge is 0.340 e. The van der Waals surface area contributed by atoms with Crippen molar-refractivity contribution in [3.05, 3.63) is 21.3 Å². The van der Waals surface area contributed by atoms with Crippen LogP contribution >= 0.6 is 35.3 Å². The van der Waals surface area contributed by atoms with Gasteiger partial charge in [-0.05, 0) is 38.4 Å². The number of piperidine rings is 1. The first kappa shape index (κ1) is 16.8. The highest BCUT2D eigenvalue weighted by atomic mass is 35.5. The van der Waals surface area contributed by atoms with Crippen LogP contribution in [0, 0.1) is 5.41 Å².